The lowest BCUT2D eigenvalue weighted by Gasteiger charge is -2.16. The molecule has 3 aromatic rings. The van der Waals surface area contributed by atoms with Crippen LogP contribution in [0.4, 0.5) is 11.8 Å². The Bertz CT molecular complexity index is 760. The summed E-state index contributed by atoms with van der Waals surface area (Å²) in [5.41, 5.74) is 9.59. The maximum absolute atomic E-state index is 5.97. The fourth-order valence-corrected chi connectivity index (χ4v) is 2.80. The fourth-order valence-electron chi connectivity index (χ4n) is 1.97. The van der Waals surface area contributed by atoms with E-state index in [1.54, 1.807) is 22.2 Å². The molecule has 0 aliphatic heterocycles. The topological polar surface area (TPSA) is 85.8 Å². The van der Waals surface area contributed by atoms with Crippen LogP contribution in [-0.2, 0) is 13.6 Å². The third kappa shape index (κ3) is 2.07. The number of nitrogen functional groups attached to an aromatic ring is 1. The summed E-state index contributed by atoms with van der Waals surface area (Å²) in [6.45, 7) is 2.71. The molecule has 2 N–H and O–H groups in total. The van der Waals surface area contributed by atoms with E-state index in [0.29, 0.717) is 18.3 Å². The second kappa shape index (κ2) is 4.71. The van der Waals surface area contributed by atoms with Gasteiger partial charge in [0.15, 0.2) is 5.65 Å². The van der Waals surface area contributed by atoms with E-state index in [9.17, 15) is 0 Å². The highest BCUT2D eigenvalue weighted by molar-refractivity contribution is 7.09. The van der Waals surface area contributed by atoms with Gasteiger partial charge in [0, 0.05) is 19.0 Å². The van der Waals surface area contributed by atoms with Crippen molar-refractivity contribution in [3.05, 3.63) is 22.3 Å². The van der Waals surface area contributed by atoms with Crippen molar-refractivity contribution in [2.45, 2.75) is 13.5 Å². The molecular formula is C12H15N7S. The van der Waals surface area contributed by atoms with Gasteiger partial charge in [-0.2, -0.15) is 15.1 Å². The highest BCUT2D eigenvalue weighted by Crippen LogP contribution is 2.22. The summed E-state index contributed by atoms with van der Waals surface area (Å²) in [5, 5.41) is 4.93. The van der Waals surface area contributed by atoms with Crippen LogP contribution >= 0.6 is 11.3 Å². The molecule has 0 unspecified atom stereocenters. The molecule has 0 aliphatic carbocycles. The van der Waals surface area contributed by atoms with Crippen molar-refractivity contribution in [3.8, 4) is 0 Å². The molecule has 3 rings (SSSR count). The quantitative estimate of drug-likeness (QED) is 0.783. The van der Waals surface area contributed by atoms with E-state index in [1.165, 1.54) is 4.88 Å². The Morgan fingerprint density at radius 1 is 1.40 bits per heavy atom. The number of aromatic nitrogens is 5. The summed E-state index contributed by atoms with van der Waals surface area (Å²) in [7, 11) is 3.78. The van der Waals surface area contributed by atoms with E-state index >= 15 is 0 Å². The van der Waals surface area contributed by atoms with Gasteiger partial charge in [0.05, 0.1) is 29.3 Å². The Morgan fingerprint density at radius 3 is 2.90 bits per heavy atom. The number of aryl methyl sites for hydroxylation is 2. The molecule has 104 valence electrons. The van der Waals surface area contributed by atoms with E-state index in [-0.39, 0.29) is 0 Å². The smallest absolute Gasteiger partial charge is 0.229 e. The molecule has 0 spiro atoms. The largest absolute Gasteiger partial charge is 0.383 e. The van der Waals surface area contributed by atoms with Crippen molar-refractivity contribution in [1.29, 1.82) is 0 Å². The fraction of sp³-hybridized carbons (Fsp3) is 0.333. The lowest BCUT2D eigenvalue weighted by atomic mass is 10.3. The predicted octanol–water partition coefficient (Wildman–Crippen LogP) is 1.35. The van der Waals surface area contributed by atoms with Crippen LogP contribution in [0.25, 0.3) is 11.0 Å². The van der Waals surface area contributed by atoms with Crippen molar-refractivity contribution in [2.24, 2.45) is 7.05 Å². The normalized spacial score (nSPS) is 11.2. The number of fused-ring (bicyclic) bond motifs is 1. The van der Waals surface area contributed by atoms with Crippen LogP contribution in [0, 0.1) is 6.92 Å². The van der Waals surface area contributed by atoms with Gasteiger partial charge in [0.25, 0.3) is 0 Å². The van der Waals surface area contributed by atoms with Crippen LogP contribution < -0.4 is 10.6 Å². The van der Waals surface area contributed by atoms with Gasteiger partial charge in [-0.25, -0.2) is 4.98 Å². The second-order valence-corrected chi connectivity index (χ2v) is 5.57. The van der Waals surface area contributed by atoms with Gasteiger partial charge < -0.3 is 10.6 Å². The number of hydrogen-bond acceptors (Lipinski definition) is 7. The molecule has 0 fully saturated rings. The van der Waals surface area contributed by atoms with E-state index in [0.717, 1.165) is 16.7 Å². The minimum Gasteiger partial charge on any atom is -0.383 e. The molecule has 0 radical (unpaired) electrons. The molecule has 0 saturated carbocycles. The van der Waals surface area contributed by atoms with Crippen molar-refractivity contribution < 1.29 is 0 Å². The minimum absolute atomic E-state index is 0.450. The van der Waals surface area contributed by atoms with E-state index in [2.05, 4.69) is 20.1 Å². The molecule has 0 bridgehead atoms. The first-order chi connectivity index (χ1) is 9.56. The Labute approximate surface area is 120 Å². The van der Waals surface area contributed by atoms with Gasteiger partial charge in [-0.15, -0.1) is 11.3 Å². The first-order valence-corrected chi connectivity index (χ1v) is 6.99. The van der Waals surface area contributed by atoms with Crippen LogP contribution in [-0.4, -0.2) is 31.8 Å². The first-order valence-electron chi connectivity index (χ1n) is 6.11. The summed E-state index contributed by atoms with van der Waals surface area (Å²) in [4.78, 5) is 16.3. The van der Waals surface area contributed by atoms with Crippen LogP contribution in [0.2, 0.25) is 0 Å². The standard InChI is InChI=1S/C12H15N7S/c1-7-9(20-6-14-7)5-18(2)12-16-10(13)8-4-15-19(3)11(8)17-12/h4,6H,5H2,1-3H3,(H2,13,16,17). The lowest BCUT2D eigenvalue weighted by Crippen LogP contribution is -2.19. The number of nitrogens with zero attached hydrogens (tertiary/aromatic N) is 6. The molecule has 20 heavy (non-hydrogen) atoms. The molecule has 0 saturated heterocycles. The first kappa shape index (κ1) is 12.8. The van der Waals surface area contributed by atoms with E-state index in [1.807, 2.05) is 31.4 Å². The van der Waals surface area contributed by atoms with E-state index < -0.39 is 0 Å². The molecule has 0 aliphatic rings. The zero-order valence-electron chi connectivity index (χ0n) is 11.5. The van der Waals surface area contributed by atoms with Crippen molar-refractivity contribution in [2.75, 3.05) is 17.7 Å². The van der Waals surface area contributed by atoms with Gasteiger partial charge in [-0.05, 0) is 6.92 Å². The Balaban J connectivity index is 1.97. The summed E-state index contributed by atoms with van der Waals surface area (Å²) in [6.07, 6.45) is 1.68. The monoisotopic (exact) mass is 289 g/mol. The number of thiazole rings is 1. The zero-order chi connectivity index (χ0) is 14.3. The van der Waals surface area contributed by atoms with Crippen molar-refractivity contribution >= 4 is 34.1 Å². The van der Waals surface area contributed by atoms with Gasteiger partial charge in [-0.3, -0.25) is 4.68 Å². The highest BCUT2D eigenvalue weighted by atomic mass is 32.1. The van der Waals surface area contributed by atoms with Crippen molar-refractivity contribution in [1.82, 2.24) is 24.7 Å². The Kier molecular flexibility index (Phi) is 3.01. The number of hydrogen-bond donors (Lipinski definition) is 1. The second-order valence-electron chi connectivity index (χ2n) is 4.63. The highest BCUT2D eigenvalue weighted by Gasteiger charge is 2.13. The predicted molar refractivity (Wildman–Crippen MR) is 79.7 cm³/mol. The SMILES string of the molecule is Cc1ncsc1CN(C)c1nc(N)c2cnn(C)c2n1. The van der Waals surface area contributed by atoms with Crippen molar-refractivity contribution in [3.63, 3.8) is 0 Å². The van der Waals surface area contributed by atoms with Crippen LogP contribution in [0.3, 0.4) is 0 Å². The van der Waals surface area contributed by atoms with Gasteiger partial charge >= 0.3 is 0 Å². The van der Waals surface area contributed by atoms with E-state index in [4.69, 9.17) is 5.73 Å². The van der Waals surface area contributed by atoms with Gasteiger partial charge in [-0.1, -0.05) is 0 Å². The average molecular weight is 289 g/mol. The lowest BCUT2D eigenvalue weighted by molar-refractivity contribution is 0.781. The maximum atomic E-state index is 5.97. The number of nitrogens with two attached hydrogens (primary N) is 1. The van der Waals surface area contributed by atoms with Crippen LogP contribution in [0.1, 0.15) is 10.6 Å². The molecule has 3 aromatic heterocycles. The molecule has 7 nitrogen and oxygen atoms in total. The molecule has 0 aromatic carbocycles. The Morgan fingerprint density at radius 2 is 2.20 bits per heavy atom. The van der Waals surface area contributed by atoms with Gasteiger partial charge in [0.1, 0.15) is 5.82 Å². The summed E-state index contributed by atoms with van der Waals surface area (Å²) in [6, 6.07) is 0. The Hall–Kier alpha value is -2.22. The third-order valence-electron chi connectivity index (χ3n) is 3.18. The summed E-state index contributed by atoms with van der Waals surface area (Å²) < 4.78 is 1.70. The maximum Gasteiger partial charge on any atom is 0.229 e. The molecule has 0 atom stereocenters. The summed E-state index contributed by atoms with van der Waals surface area (Å²) >= 11 is 1.63. The molecule has 0 amide bonds. The minimum atomic E-state index is 0.450. The zero-order valence-corrected chi connectivity index (χ0v) is 12.3. The third-order valence-corrected chi connectivity index (χ3v) is 4.10. The number of anilines is 2. The average Bonchev–Trinajstić information content (AvgIpc) is 2.98. The molecule has 3 heterocycles. The van der Waals surface area contributed by atoms with Crippen LogP contribution in [0.5, 0.6) is 0 Å². The van der Waals surface area contributed by atoms with Crippen LogP contribution in [0.15, 0.2) is 11.7 Å². The molecule has 8 heteroatoms. The summed E-state index contributed by atoms with van der Waals surface area (Å²) in [5.74, 6) is 1.04. The molecular weight excluding hydrogens is 274 g/mol. The number of rotatable bonds is 3. The van der Waals surface area contributed by atoms with Gasteiger partial charge in [0.2, 0.25) is 5.95 Å².